The SMILES string of the molecule is C1=CC2=c3c(n(-c4ccccc4)c4ccc(-c5ccc6c(c5)c5c7ccccc7ccc5n6-c5ccccc5)cc34)=CCC2CC1. The average molecular weight is 589 g/mol. The first kappa shape index (κ1) is 25.7. The highest BCUT2D eigenvalue weighted by atomic mass is 15.0. The van der Waals surface area contributed by atoms with Gasteiger partial charge in [-0.15, -0.1) is 0 Å². The molecule has 2 aromatic heterocycles. The summed E-state index contributed by atoms with van der Waals surface area (Å²) < 4.78 is 4.89. The van der Waals surface area contributed by atoms with Gasteiger partial charge in [0.05, 0.1) is 21.9 Å². The molecule has 0 bridgehead atoms. The van der Waals surface area contributed by atoms with Gasteiger partial charge in [-0.25, -0.2) is 0 Å². The number of benzene rings is 6. The van der Waals surface area contributed by atoms with Gasteiger partial charge in [0.2, 0.25) is 0 Å². The highest BCUT2D eigenvalue weighted by molar-refractivity contribution is 6.22. The Hall–Kier alpha value is -5.60. The molecule has 2 nitrogen and oxygen atoms in total. The number of nitrogens with zero attached hydrogens (tertiary/aromatic N) is 2. The molecule has 0 fully saturated rings. The first-order valence-corrected chi connectivity index (χ1v) is 16.5. The molecule has 2 aliphatic rings. The normalized spacial score (nSPS) is 15.8. The Morgan fingerprint density at radius 1 is 0.543 bits per heavy atom. The second kappa shape index (κ2) is 9.95. The van der Waals surface area contributed by atoms with Crippen LogP contribution in [-0.4, -0.2) is 9.13 Å². The van der Waals surface area contributed by atoms with Gasteiger partial charge < -0.3 is 9.13 Å². The molecule has 2 heteroatoms. The number of aromatic nitrogens is 2. The van der Waals surface area contributed by atoms with Crippen LogP contribution in [0.2, 0.25) is 0 Å². The molecule has 2 aliphatic carbocycles. The van der Waals surface area contributed by atoms with Crippen molar-refractivity contribution in [3.05, 3.63) is 156 Å². The molecule has 8 aromatic rings. The van der Waals surface area contributed by atoms with Crippen LogP contribution in [0, 0.1) is 5.92 Å². The molecule has 6 aromatic carbocycles. The minimum atomic E-state index is 0.602. The zero-order valence-corrected chi connectivity index (χ0v) is 25.5. The van der Waals surface area contributed by atoms with E-state index in [-0.39, 0.29) is 0 Å². The molecular weight excluding hydrogens is 556 g/mol. The van der Waals surface area contributed by atoms with Crippen LogP contribution in [0.4, 0.5) is 0 Å². The van der Waals surface area contributed by atoms with E-state index in [1.165, 1.54) is 95.0 Å². The second-order valence-corrected chi connectivity index (χ2v) is 12.8. The number of hydrogen-bond acceptors (Lipinski definition) is 0. The molecule has 46 heavy (non-hydrogen) atoms. The molecule has 0 radical (unpaired) electrons. The van der Waals surface area contributed by atoms with E-state index in [4.69, 9.17) is 0 Å². The number of allylic oxidation sites excluding steroid dienone is 2. The maximum Gasteiger partial charge on any atom is 0.0547 e. The first-order valence-electron chi connectivity index (χ1n) is 16.5. The van der Waals surface area contributed by atoms with Gasteiger partial charge in [0.15, 0.2) is 0 Å². The van der Waals surface area contributed by atoms with Crippen molar-refractivity contribution >= 4 is 55.1 Å². The third-order valence-corrected chi connectivity index (χ3v) is 10.3. The minimum Gasteiger partial charge on any atom is -0.310 e. The van der Waals surface area contributed by atoms with Gasteiger partial charge in [0.1, 0.15) is 0 Å². The maximum absolute atomic E-state index is 2.49. The van der Waals surface area contributed by atoms with Gasteiger partial charge in [-0.1, -0.05) is 97.1 Å². The lowest BCUT2D eigenvalue weighted by Crippen LogP contribution is -2.35. The van der Waals surface area contributed by atoms with E-state index in [1.807, 2.05) is 0 Å². The van der Waals surface area contributed by atoms with Crippen LogP contribution >= 0.6 is 0 Å². The molecule has 1 atom stereocenters. The highest BCUT2D eigenvalue weighted by Crippen LogP contribution is 2.39. The Morgan fingerprint density at radius 3 is 1.98 bits per heavy atom. The van der Waals surface area contributed by atoms with Gasteiger partial charge in [0, 0.05) is 32.8 Å². The zero-order valence-electron chi connectivity index (χ0n) is 25.5. The van der Waals surface area contributed by atoms with Gasteiger partial charge in [0.25, 0.3) is 0 Å². The molecule has 0 N–H and O–H groups in total. The number of hydrogen-bond donors (Lipinski definition) is 0. The molecule has 2 heterocycles. The predicted molar refractivity (Wildman–Crippen MR) is 194 cm³/mol. The Labute approximate surface area is 267 Å². The van der Waals surface area contributed by atoms with E-state index in [0.717, 1.165) is 6.42 Å². The van der Waals surface area contributed by atoms with E-state index in [1.54, 1.807) is 0 Å². The van der Waals surface area contributed by atoms with Crippen molar-refractivity contribution < 1.29 is 0 Å². The Kier molecular flexibility index (Phi) is 5.56. The van der Waals surface area contributed by atoms with E-state index < -0.39 is 0 Å². The number of rotatable bonds is 3. The van der Waals surface area contributed by atoms with Crippen molar-refractivity contribution in [1.29, 1.82) is 0 Å². The third kappa shape index (κ3) is 3.71. The van der Waals surface area contributed by atoms with Gasteiger partial charge in [-0.05, 0) is 107 Å². The topological polar surface area (TPSA) is 9.86 Å². The Morgan fingerprint density at radius 2 is 1.20 bits per heavy atom. The van der Waals surface area contributed by atoms with Crippen LogP contribution in [0.1, 0.15) is 19.3 Å². The van der Waals surface area contributed by atoms with Crippen molar-refractivity contribution in [3.8, 4) is 22.5 Å². The van der Waals surface area contributed by atoms with Gasteiger partial charge in [-0.3, -0.25) is 0 Å². The standard InChI is InChI=1S/C44H32N2/c1-3-13-33(14-4-1)45-39-23-21-31(27-37(39)43-35-17-9-7-11-29(35)19-25-41(43)45)32-22-24-40-38(28-32)44-36-18-10-8-12-30(36)20-26-42(44)46(40)34-15-5-2-6-16-34/h1-7,9-11,13-19,21-28,30H,8,12,20H2. The minimum absolute atomic E-state index is 0.602. The number of para-hydroxylation sites is 2. The molecule has 0 amide bonds. The van der Waals surface area contributed by atoms with Crippen LogP contribution in [-0.2, 0) is 0 Å². The lowest BCUT2D eigenvalue weighted by molar-refractivity contribution is 0.618. The van der Waals surface area contributed by atoms with E-state index in [0.29, 0.717) is 5.92 Å². The number of fused-ring (bicyclic) bond motifs is 9. The summed E-state index contributed by atoms with van der Waals surface area (Å²) in [7, 11) is 0. The van der Waals surface area contributed by atoms with Gasteiger partial charge >= 0.3 is 0 Å². The molecule has 1 unspecified atom stereocenters. The smallest absolute Gasteiger partial charge is 0.0547 e. The fraction of sp³-hybridized carbons (Fsp3) is 0.0909. The van der Waals surface area contributed by atoms with Gasteiger partial charge in [-0.2, -0.15) is 0 Å². The summed E-state index contributed by atoms with van der Waals surface area (Å²) in [4.78, 5) is 0. The Bertz CT molecular complexity index is 2650. The summed E-state index contributed by atoms with van der Waals surface area (Å²) in [5.74, 6) is 0.602. The van der Waals surface area contributed by atoms with Crippen LogP contribution in [0.25, 0.3) is 77.6 Å². The lowest BCUT2D eigenvalue weighted by atomic mass is 9.82. The van der Waals surface area contributed by atoms with Crippen molar-refractivity contribution in [2.45, 2.75) is 19.3 Å². The largest absolute Gasteiger partial charge is 0.310 e. The van der Waals surface area contributed by atoms with Crippen LogP contribution in [0.3, 0.4) is 0 Å². The van der Waals surface area contributed by atoms with Crippen molar-refractivity contribution in [2.24, 2.45) is 5.92 Å². The second-order valence-electron chi connectivity index (χ2n) is 12.8. The van der Waals surface area contributed by atoms with E-state index in [9.17, 15) is 0 Å². The van der Waals surface area contributed by atoms with Crippen LogP contribution < -0.4 is 10.6 Å². The van der Waals surface area contributed by atoms with Crippen molar-refractivity contribution in [3.63, 3.8) is 0 Å². The quantitative estimate of drug-likeness (QED) is 0.194. The predicted octanol–water partition coefficient (Wildman–Crippen LogP) is 9.85. The summed E-state index contributed by atoms with van der Waals surface area (Å²) in [6.45, 7) is 0. The first-order chi connectivity index (χ1) is 22.8. The van der Waals surface area contributed by atoms with Crippen molar-refractivity contribution in [2.75, 3.05) is 0 Å². The van der Waals surface area contributed by atoms with E-state index >= 15 is 0 Å². The molecule has 0 spiro atoms. The van der Waals surface area contributed by atoms with E-state index in [2.05, 4.69) is 161 Å². The summed E-state index contributed by atoms with van der Waals surface area (Å²) in [5, 5.41) is 9.26. The van der Waals surface area contributed by atoms with Crippen molar-refractivity contribution in [1.82, 2.24) is 9.13 Å². The molecule has 218 valence electrons. The van der Waals surface area contributed by atoms with Crippen LogP contribution in [0.15, 0.2) is 146 Å². The summed E-state index contributed by atoms with van der Waals surface area (Å²) in [5.41, 5.74) is 10.2. The maximum atomic E-state index is 2.49. The molecular formula is C44H32N2. The average Bonchev–Trinajstić information content (AvgIpc) is 3.65. The summed E-state index contributed by atoms with van der Waals surface area (Å²) in [6.07, 6.45) is 10.8. The molecule has 0 aliphatic heterocycles. The zero-order chi connectivity index (χ0) is 30.2. The molecule has 10 rings (SSSR count). The fourth-order valence-electron chi connectivity index (χ4n) is 8.25. The summed E-state index contributed by atoms with van der Waals surface area (Å²) >= 11 is 0. The fourth-order valence-corrected chi connectivity index (χ4v) is 8.25. The lowest BCUT2D eigenvalue weighted by Gasteiger charge is -2.22. The third-order valence-electron chi connectivity index (χ3n) is 10.3. The molecule has 0 saturated heterocycles. The highest BCUT2D eigenvalue weighted by Gasteiger charge is 2.23. The summed E-state index contributed by atoms with van der Waals surface area (Å²) in [6, 6.07) is 49.1. The molecule has 0 saturated carbocycles. The monoisotopic (exact) mass is 588 g/mol. The van der Waals surface area contributed by atoms with Crippen LogP contribution in [0.5, 0.6) is 0 Å². The Balaban J connectivity index is 1.27.